The number of carbonyl (C=O) groups excluding carboxylic acids is 1. The van der Waals surface area contributed by atoms with Gasteiger partial charge in [-0.3, -0.25) is 4.79 Å². The summed E-state index contributed by atoms with van der Waals surface area (Å²) in [4.78, 5) is 18.5. The van der Waals surface area contributed by atoms with Gasteiger partial charge >= 0.3 is 0 Å². The van der Waals surface area contributed by atoms with Gasteiger partial charge in [0, 0.05) is 22.2 Å². The highest BCUT2D eigenvalue weighted by Crippen LogP contribution is 2.38. The van der Waals surface area contributed by atoms with Crippen LogP contribution in [0, 0.1) is 0 Å². The van der Waals surface area contributed by atoms with Gasteiger partial charge < -0.3 is 10.6 Å². The first-order chi connectivity index (χ1) is 14.2. The molecule has 4 aromatic rings. The smallest absolute Gasteiger partial charge is 0.256 e. The molecule has 0 aliphatic heterocycles. The van der Waals surface area contributed by atoms with Crippen molar-refractivity contribution in [2.24, 2.45) is 0 Å². The van der Waals surface area contributed by atoms with Gasteiger partial charge in [0.05, 0.1) is 6.04 Å². The van der Waals surface area contributed by atoms with Crippen LogP contribution in [0.25, 0.3) is 0 Å². The maximum atomic E-state index is 12.8. The molecule has 1 amide bonds. The lowest BCUT2D eigenvalue weighted by Gasteiger charge is -2.20. The number of benzene rings is 1. The Morgan fingerprint density at radius 1 is 1.10 bits per heavy atom. The van der Waals surface area contributed by atoms with Crippen LogP contribution in [-0.4, -0.2) is 10.9 Å². The van der Waals surface area contributed by atoms with E-state index in [1.807, 2.05) is 48.5 Å². The van der Waals surface area contributed by atoms with Gasteiger partial charge in [0.2, 0.25) is 0 Å². The number of pyridine rings is 1. The van der Waals surface area contributed by atoms with E-state index in [9.17, 15) is 4.79 Å². The molecule has 0 saturated heterocycles. The van der Waals surface area contributed by atoms with Gasteiger partial charge in [-0.05, 0) is 59.1 Å². The van der Waals surface area contributed by atoms with Crippen molar-refractivity contribution >= 4 is 39.4 Å². The lowest BCUT2D eigenvalue weighted by molar-refractivity contribution is 0.102. The molecule has 0 radical (unpaired) electrons. The second kappa shape index (κ2) is 9.03. The number of carbonyl (C=O) groups is 1. The lowest BCUT2D eigenvalue weighted by atomic mass is 10.0. The number of rotatable bonds is 7. The van der Waals surface area contributed by atoms with E-state index < -0.39 is 0 Å². The molecular formula is C23H21N3OS2. The minimum Gasteiger partial charge on any atom is -0.359 e. The molecule has 4 nitrogen and oxygen atoms in total. The number of hydrogen-bond acceptors (Lipinski definition) is 5. The van der Waals surface area contributed by atoms with Gasteiger partial charge in [0.25, 0.3) is 5.91 Å². The van der Waals surface area contributed by atoms with Crippen molar-refractivity contribution in [3.05, 3.63) is 99.2 Å². The molecule has 1 atom stereocenters. The van der Waals surface area contributed by atoms with Crippen LogP contribution in [0.3, 0.4) is 0 Å². The summed E-state index contributed by atoms with van der Waals surface area (Å²) in [6, 6.07) is 19.3. The summed E-state index contributed by atoms with van der Waals surface area (Å²) in [5, 5.41) is 11.7. The van der Waals surface area contributed by atoms with Crippen LogP contribution in [0.2, 0.25) is 0 Å². The Hall–Kier alpha value is -2.96. The topological polar surface area (TPSA) is 54.0 Å². The molecule has 146 valence electrons. The number of aryl methyl sites for hydroxylation is 1. The fourth-order valence-electron chi connectivity index (χ4n) is 3.09. The molecule has 2 N–H and O–H groups in total. The average Bonchev–Trinajstić information content (AvgIpc) is 3.44. The van der Waals surface area contributed by atoms with Crippen molar-refractivity contribution in [3.8, 4) is 0 Å². The summed E-state index contributed by atoms with van der Waals surface area (Å²) in [5.41, 5.74) is 2.85. The molecule has 6 heteroatoms. The Kier molecular flexibility index (Phi) is 6.03. The van der Waals surface area contributed by atoms with Crippen molar-refractivity contribution in [1.29, 1.82) is 0 Å². The van der Waals surface area contributed by atoms with Crippen molar-refractivity contribution in [2.45, 2.75) is 19.4 Å². The molecule has 0 bridgehead atoms. The Morgan fingerprint density at radius 2 is 1.93 bits per heavy atom. The first-order valence-electron chi connectivity index (χ1n) is 9.43. The third kappa shape index (κ3) is 4.55. The first kappa shape index (κ1) is 19.4. The second-order valence-corrected chi connectivity index (χ2v) is 8.44. The van der Waals surface area contributed by atoms with Crippen LogP contribution < -0.4 is 10.6 Å². The van der Waals surface area contributed by atoms with Crippen molar-refractivity contribution in [3.63, 3.8) is 0 Å². The second-order valence-electron chi connectivity index (χ2n) is 6.52. The summed E-state index contributed by atoms with van der Waals surface area (Å²) >= 11 is 3.29. The predicted octanol–water partition coefficient (Wildman–Crippen LogP) is 6.22. The summed E-state index contributed by atoms with van der Waals surface area (Å²) < 4.78 is 0. The molecule has 0 saturated carbocycles. The highest BCUT2D eigenvalue weighted by Gasteiger charge is 2.23. The van der Waals surface area contributed by atoms with Gasteiger partial charge in [-0.25, -0.2) is 4.98 Å². The largest absolute Gasteiger partial charge is 0.359 e. The number of thiophene rings is 2. The Bertz CT molecular complexity index is 1060. The zero-order valence-electron chi connectivity index (χ0n) is 16.0. The fraction of sp³-hybridized carbons (Fsp3) is 0.130. The fourth-order valence-corrected chi connectivity index (χ4v) is 4.80. The molecule has 1 aromatic carbocycles. The van der Waals surface area contributed by atoms with Gasteiger partial charge in [-0.2, -0.15) is 11.3 Å². The van der Waals surface area contributed by atoms with E-state index in [0.717, 1.165) is 28.4 Å². The first-order valence-corrected chi connectivity index (χ1v) is 11.2. The number of nitrogens with zero attached hydrogens (tertiary/aromatic N) is 1. The van der Waals surface area contributed by atoms with E-state index in [4.69, 9.17) is 0 Å². The third-order valence-electron chi connectivity index (χ3n) is 4.57. The number of hydrogen-bond donors (Lipinski definition) is 2. The zero-order chi connectivity index (χ0) is 20.1. The van der Waals surface area contributed by atoms with Gasteiger partial charge in [0.1, 0.15) is 10.8 Å². The third-order valence-corrected chi connectivity index (χ3v) is 6.48. The van der Waals surface area contributed by atoms with Crippen LogP contribution in [0.1, 0.15) is 39.3 Å². The van der Waals surface area contributed by atoms with Crippen molar-refractivity contribution in [1.82, 2.24) is 4.98 Å². The van der Waals surface area contributed by atoms with E-state index in [-0.39, 0.29) is 11.9 Å². The maximum Gasteiger partial charge on any atom is 0.256 e. The van der Waals surface area contributed by atoms with Gasteiger partial charge in [0.15, 0.2) is 0 Å². The molecule has 1 unspecified atom stereocenters. The molecule has 0 aliphatic rings. The van der Waals surface area contributed by atoms with E-state index in [2.05, 4.69) is 45.4 Å². The zero-order valence-corrected chi connectivity index (χ0v) is 17.6. The minimum atomic E-state index is -0.0988. The van der Waals surface area contributed by atoms with Gasteiger partial charge in [-0.15, -0.1) is 11.3 Å². The SMILES string of the molecule is CCc1cc(C(Nc2ccccn2)c2ccsc2)c(NC(=O)c2ccccc2)s1. The summed E-state index contributed by atoms with van der Waals surface area (Å²) in [6.07, 6.45) is 2.69. The predicted molar refractivity (Wildman–Crippen MR) is 122 cm³/mol. The normalized spacial score (nSPS) is 11.8. The standard InChI is InChI=1S/C23H21N3OS2/c1-2-18-14-19(23(29-18)26-22(27)16-8-4-3-5-9-16)21(17-11-13-28-15-17)25-20-10-6-7-12-24-20/h3-15,21H,2H2,1H3,(H,24,25)(H,26,27). The van der Waals surface area contributed by atoms with Crippen LogP contribution in [-0.2, 0) is 6.42 Å². The van der Waals surface area contributed by atoms with Gasteiger partial charge in [-0.1, -0.05) is 31.2 Å². The Balaban J connectivity index is 1.70. The quantitative estimate of drug-likeness (QED) is 0.374. The molecule has 3 aromatic heterocycles. The Morgan fingerprint density at radius 3 is 2.62 bits per heavy atom. The monoisotopic (exact) mass is 419 g/mol. The Labute approximate surface area is 178 Å². The lowest BCUT2D eigenvalue weighted by Crippen LogP contribution is -2.16. The molecule has 0 aliphatic carbocycles. The highest BCUT2D eigenvalue weighted by molar-refractivity contribution is 7.16. The van der Waals surface area contributed by atoms with E-state index in [1.165, 1.54) is 4.88 Å². The molecule has 3 heterocycles. The molecule has 0 fully saturated rings. The van der Waals surface area contributed by atoms with E-state index in [1.54, 1.807) is 28.9 Å². The molecule has 4 rings (SSSR count). The van der Waals surface area contributed by atoms with Crippen LogP contribution in [0.15, 0.2) is 77.6 Å². The maximum absolute atomic E-state index is 12.8. The van der Waals surface area contributed by atoms with E-state index in [0.29, 0.717) is 5.56 Å². The number of aromatic nitrogens is 1. The number of anilines is 2. The van der Waals surface area contributed by atoms with Crippen LogP contribution in [0.4, 0.5) is 10.8 Å². The summed E-state index contributed by atoms with van der Waals surface area (Å²) in [6.45, 7) is 2.13. The van der Waals surface area contributed by atoms with Crippen LogP contribution >= 0.6 is 22.7 Å². The average molecular weight is 420 g/mol. The molecule has 0 spiro atoms. The minimum absolute atomic E-state index is 0.0984. The number of nitrogens with one attached hydrogen (secondary N) is 2. The summed E-state index contributed by atoms with van der Waals surface area (Å²) in [5.74, 6) is 0.701. The number of amides is 1. The van der Waals surface area contributed by atoms with Crippen molar-refractivity contribution in [2.75, 3.05) is 10.6 Å². The van der Waals surface area contributed by atoms with Crippen molar-refractivity contribution < 1.29 is 4.79 Å². The summed E-state index contributed by atoms with van der Waals surface area (Å²) in [7, 11) is 0. The molecule has 29 heavy (non-hydrogen) atoms. The molecular weight excluding hydrogens is 398 g/mol. The highest BCUT2D eigenvalue weighted by atomic mass is 32.1. The van der Waals surface area contributed by atoms with E-state index >= 15 is 0 Å². The van der Waals surface area contributed by atoms with Crippen LogP contribution in [0.5, 0.6) is 0 Å².